The second-order valence-electron chi connectivity index (χ2n) is 9.77. The van der Waals surface area contributed by atoms with Crippen LogP contribution in [0.5, 0.6) is 0 Å². The number of benzene rings is 3. The summed E-state index contributed by atoms with van der Waals surface area (Å²) in [5.41, 5.74) is 5.30. The molecule has 0 atom stereocenters. The molecule has 0 spiro atoms. The van der Waals surface area contributed by atoms with Crippen molar-refractivity contribution < 1.29 is 19.5 Å². The molecule has 4 aromatic rings. The number of carbonyl (C=O) groups is 3. The molecule has 0 saturated heterocycles. The molecule has 3 amide bonds. The Hall–Kier alpha value is -4.02. The minimum Gasteiger partial charge on any atom is -0.481 e. The Morgan fingerprint density at radius 1 is 1.00 bits per heavy atom. The number of carboxylic acids is 1. The number of anilines is 2. The van der Waals surface area contributed by atoms with Crippen molar-refractivity contribution in [1.29, 1.82) is 0 Å². The molecule has 3 N–H and O–H groups in total. The van der Waals surface area contributed by atoms with E-state index >= 15 is 0 Å². The molecule has 0 fully saturated rings. The normalized spacial score (nSPS) is 13.0. The van der Waals surface area contributed by atoms with E-state index in [-0.39, 0.29) is 31.4 Å². The summed E-state index contributed by atoms with van der Waals surface area (Å²) >= 11 is 4.87. The van der Waals surface area contributed by atoms with Gasteiger partial charge in [-0.05, 0) is 84.8 Å². The highest BCUT2D eigenvalue weighted by Gasteiger charge is 2.19. The van der Waals surface area contributed by atoms with Crippen molar-refractivity contribution in [1.82, 2.24) is 10.3 Å². The molecule has 5 rings (SSSR count). The lowest BCUT2D eigenvalue weighted by molar-refractivity contribution is -0.136. The van der Waals surface area contributed by atoms with Crippen LogP contribution in [-0.4, -0.2) is 34.5 Å². The molecule has 3 aromatic carbocycles. The quantitative estimate of drug-likeness (QED) is 0.177. The van der Waals surface area contributed by atoms with Gasteiger partial charge in [-0.1, -0.05) is 57.6 Å². The highest BCUT2D eigenvalue weighted by atomic mass is 79.9. The highest BCUT2D eigenvalue weighted by Crippen LogP contribution is 2.31. The van der Waals surface area contributed by atoms with Crippen LogP contribution in [-0.2, 0) is 11.3 Å². The first-order valence-corrected chi connectivity index (χ1v) is 15.0. The summed E-state index contributed by atoms with van der Waals surface area (Å²) in [6.45, 7) is 0.324. The van der Waals surface area contributed by atoms with Crippen LogP contribution in [0.1, 0.15) is 53.6 Å². The van der Waals surface area contributed by atoms with Crippen LogP contribution in [0.25, 0.3) is 15.8 Å². The van der Waals surface area contributed by atoms with Gasteiger partial charge in [0.2, 0.25) is 0 Å². The molecule has 210 valence electrons. The van der Waals surface area contributed by atoms with E-state index in [0.29, 0.717) is 10.7 Å². The molecular weight excluding hydrogens is 604 g/mol. The van der Waals surface area contributed by atoms with Crippen molar-refractivity contribution in [2.24, 2.45) is 0 Å². The van der Waals surface area contributed by atoms with Crippen LogP contribution in [0, 0.1) is 0 Å². The summed E-state index contributed by atoms with van der Waals surface area (Å²) in [5.74, 6) is -1.32. The van der Waals surface area contributed by atoms with Crippen molar-refractivity contribution in [2.75, 3.05) is 16.8 Å². The van der Waals surface area contributed by atoms with Gasteiger partial charge in [-0.3, -0.25) is 19.8 Å². The van der Waals surface area contributed by atoms with Gasteiger partial charge in [0.05, 0.1) is 23.2 Å². The van der Waals surface area contributed by atoms with E-state index in [1.807, 2.05) is 30.3 Å². The zero-order chi connectivity index (χ0) is 28.8. The Morgan fingerprint density at radius 2 is 1.78 bits per heavy atom. The number of hydrogen-bond donors (Lipinski definition) is 3. The third-order valence-corrected chi connectivity index (χ3v) is 8.28. The molecule has 0 saturated carbocycles. The fourth-order valence-electron chi connectivity index (χ4n) is 4.68. The molecule has 0 radical (unpaired) electrons. The largest absolute Gasteiger partial charge is 0.481 e. The number of thiazole rings is 1. The SMILES string of the molecule is O=C(O)CCNC(=O)c1ccc(CN(C(=O)Nc2nc3cc(Br)ccc3s2)c2ccc(C3=CCCCC3)cc2)cc1. The Balaban J connectivity index is 1.36. The van der Waals surface area contributed by atoms with Crippen LogP contribution in [0.15, 0.2) is 77.3 Å². The van der Waals surface area contributed by atoms with Gasteiger partial charge in [-0.15, -0.1) is 0 Å². The number of hydrogen-bond acceptors (Lipinski definition) is 5. The minimum atomic E-state index is -0.971. The molecule has 8 nitrogen and oxygen atoms in total. The fraction of sp³-hybridized carbons (Fsp3) is 0.226. The molecule has 1 aliphatic rings. The average molecular weight is 634 g/mol. The van der Waals surface area contributed by atoms with Gasteiger partial charge in [0.1, 0.15) is 0 Å². The first kappa shape index (κ1) is 28.5. The summed E-state index contributed by atoms with van der Waals surface area (Å²) in [6.07, 6.45) is 6.73. The smallest absolute Gasteiger partial charge is 0.328 e. The van der Waals surface area contributed by atoms with Gasteiger partial charge in [-0.25, -0.2) is 9.78 Å². The number of aliphatic carboxylic acids is 1. The maximum absolute atomic E-state index is 13.6. The van der Waals surface area contributed by atoms with Gasteiger partial charge in [-0.2, -0.15) is 0 Å². The summed E-state index contributed by atoms with van der Waals surface area (Å²) in [4.78, 5) is 43.0. The third kappa shape index (κ3) is 7.39. The number of aromatic nitrogens is 1. The summed E-state index contributed by atoms with van der Waals surface area (Å²) in [6, 6.07) is 20.5. The van der Waals surface area contributed by atoms with E-state index in [9.17, 15) is 14.4 Å². The number of nitrogens with one attached hydrogen (secondary N) is 2. The van der Waals surface area contributed by atoms with E-state index < -0.39 is 5.97 Å². The van der Waals surface area contributed by atoms with Gasteiger partial charge < -0.3 is 10.4 Å². The Morgan fingerprint density at radius 3 is 2.49 bits per heavy atom. The van der Waals surface area contributed by atoms with Crippen molar-refractivity contribution in [3.8, 4) is 0 Å². The van der Waals surface area contributed by atoms with Crippen LogP contribution in [0.3, 0.4) is 0 Å². The van der Waals surface area contributed by atoms with E-state index in [0.717, 1.165) is 38.8 Å². The zero-order valence-electron chi connectivity index (χ0n) is 22.2. The molecule has 0 unspecified atom stereocenters. The van der Waals surface area contributed by atoms with Crippen molar-refractivity contribution in [2.45, 2.75) is 38.6 Å². The first-order chi connectivity index (χ1) is 19.9. The summed E-state index contributed by atoms with van der Waals surface area (Å²) in [5, 5.41) is 14.9. The van der Waals surface area contributed by atoms with Crippen molar-refractivity contribution in [3.05, 3.63) is 94.0 Å². The Bertz CT molecular complexity index is 1600. The van der Waals surface area contributed by atoms with Crippen LogP contribution in [0.2, 0.25) is 0 Å². The predicted molar refractivity (Wildman–Crippen MR) is 166 cm³/mol. The second kappa shape index (κ2) is 13.1. The molecule has 41 heavy (non-hydrogen) atoms. The average Bonchev–Trinajstić information content (AvgIpc) is 3.37. The van der Waals surface area contributed by atoms with Crippen LogP contribution < -0.4 is 15.5 Å². The molecule has 0 aliphatic heterocycles. The maximum Gasteiger partial charge on any atom is 0.328 e. The zero-order valence-corrected chi connectivity index (χ0v) is 24.6. The second-order valence-corrected chi connectivity index (χ2v) is 11.7. The fourth-order valence-corrected chi connectivity index (χ4v) is 5.86. The van der Waals surface area contributed by atoms with Gasteiger partial charge >= 0.3 is 12.0 Å². The summed E-state index contributed by atoms with van der Waals surface area (Å²) in [7, 11) is 0. The first-order valence-electron chi connectivity index (χ1n) is 13.4. The van der Waals surface area contributed by atoms with E-state index in [1.54, 1.807) is 29.2 Å². The maximum atomic E-state index is 13.6. The molecule has 10 heteroatoms. The lowest BCUT2D eigenvalue weighted by Gasteiger charge is -2.23. The van der Waals surface area contributed by atoms with Gasteiger partial charge in [0.25, 0.3) is 5.91 Å². The summed E-state index contributed by atoms with van der Waals surface area (Å²) < 4.78 is 1.89. The number of urea groups is 1. The monoisotopic (exact) mass is 632 g/mol. The number of rotatable bonds is 9. The standard InChI is InChI=1S/C31H29BrN4O4S/c32-24-12-15-27-26(18-24)34-30(41-27)35-31(40)36(25-13-10-22(11-14-25)21-4-2-1-3-5-21)19-20-6-8-23(9-7-20)29(39)33-17-16-28(37)38/h4,6-15,18H,1-3,5,16-17,19H2,(H,33,39)(H,37,38)(H,34,35,40). The predicted octanol–water partition coefficient (Wildman–Crippen LogP) is 7.46. The Kier molecular flexibility index (Phi) is 9.11. The number of amides is 3. The molecule has 1 aromatic heterocycles. The van der Waals surface area contributed by atoms with E-state index in [4.69, 9.17) is 5.11 Å². The lowest BCUT2D eigenvalue weighted by atomic mass is 9.93. The van der Waals surface area contributed by atoms with Crippen molar-refractivity contribution >= 4 is 71.8 Å². The Labute approximate surface area is 250 Å². The lowest BCUT2D eigenvalue weighted by Crippen LogP contribution is -2.34. The minimum absolute atomic E-state index is 0.0550. The molecule has 1 aliphatic carbocycles. The number of allylic oxidation sites excluding steroid dienone is 2. The van der Waals surface area contributed by atoms with Crippen LogP contribution >= 0.6 is 27.3 Å². The topological polar surface area (TPSA) is 112 Å². The number of carboxylic acid groups (broad SMARTS) is 1. The molecular formula is C31H29BrN4O4S. The number of fused-ring (bicyclic) bond motifs is 1. The van der Waals surface area contributed by atoms with Gasteiger partial charge in [0, 0.05) is 22.3 Å². The van der Waals surface area contributed by atoms with E-state index in [2.05, 4.69) is 49.8 Å². The van der Waals surface area contributed by atoms with Crippen molar-refractivity contribution in [3.63, 3.8) is 0 Å². The third-order valence-electron chi connectivity index (χ3n) is 6.83. The van der Waals surface area contributed by atoms with Crippen LogP contribution in [0.4, 0.5) is 15.6 Å². The number of carbonyl (C=O) groups excluding carboxylic acids is 2. The number of halogens is 1. The molecule has 1 heterocycles. The van der Waals surface area contributed by atoms with E-state index in [1.165, 1.54) is 35.3 Å². The molecule has 0 bridgehead atoms. The highest BCUT2D eigenvalue weighted by molar-refractivity contribution is 9.10. The number of nitrogens with zero attached hydrogens (tertiary/aromatic N) is 2. The van der Waals surface area contributed by atoms with Gasteiger partial charge in [0.15, 0.2) is 5.13 Å².